The summed E-state index contributed by atoms with van der Waals surface area (Å²) in [5.74, 6) is 1.42. The first-order valence-electron chi connectivity index (χ1n) is 5.91. The molecule has 2 N–H and O–H groups in total. The summed E-state index contributed by atoms with van der Waals surface area (Å²) in [6.07, 6.45) is 0.875. The van der Waals surface area contributed by atoms with E-state index in [4.69, 9.17) is 9.47 Å². The van der Waals surface area contributed by atoms with Crippen molar-refractivity contribution in [3.05, 3.63) is 22.2 Å². The third-order valence-electron chi connectivity index (χ3n) is 2.87. The number of rotatable bonds is 7. The van der Waals surface area contributed by atoms with Gasteiger partial charge in [-0.3, -0.25) is 0 Å². The van der Waals surface area contributed by atoms with Gasteiger partial charge in [0.05, 0.1) is 20.8 Å². The molecule has 0 aromatic heterocycles. The van der Waals surface area contributed by atoms with Crippen LogP contribution in [0, 0.1) is 0 Å². The first kappa shape index (κ1) is 15.3. The van der Waals surface area contributed by atoms with Crippen molar-refractivity contribution in [2.24, 2.45) is 0 Å². The van der Waals surface area contributed by atoms with Crippen molar-refractivity contribution in [1.82, 2.24) is 5.32 Å². The van der Waals surface area contributed by atoms with E-state index in [2.05, 4.69) is 21.2 Å². The SMILES string of the molecule is CCC(CO)NCc1c(Br)ccc(OC)c1OC. The van der Waals surface area contributed by atoms with Gasteiger partial charge in [-0.25, -0.2) is 0 Å². The zero-order chi connectivity index (χ0) is 13.5. The number of methoxy groups -OCH3 is 2. The molecule has 0 bridgehead atoms. The van der Waals surface area contributed by atoms with Crippen molar-refractivity contribution in [2.75, 3.05) is 20.8 Å². The Morgan fingerprint density at radius 2 is 2.06 bits per heavy atom. The molecule has 0 heterocycles. The summed E-state index contributed by atoms with van der Waals surface area (Å²) < 4.78 is 11.6. The Bertz CT molecular complexity index is 381. The molecule has 1 aromatic rings. The smallest absolute Gasteiger partial charge is 0.166 e. The fourth-order valence-electron chi connectivity index (χ4n) is 1.72. The van der Waals surface area contributed by atoms with Crippen LogP contribution in [0.25, 0.3) is 0 Å². The lowest BCUT2D eigenvalue weighted by Crippen LogP contribution is -2.31. The van der Waals surface area contributed by atoms with E-state index in [0.717, 1.165) is 16.5 Å². The zero-order valence-corrected chi connectivity index (χ0v) is 12.6. The Hall–Kier alpha value is -0.780. The molecule has 0 aliphatic rings. The Labute approximate surface area is 116 Å². The first-order chi connectivity index (χ1) is 8.67. The molecule has 0 fully saturated rings. The van der Waals surface area contributed by atoms with Crippen molar-refractivity contribution < 1.29 is 14.6 Å². The third kappa shape index (κ3) is 3.60. The van der Waals surface area contributed by atoms with E-state index in [1.54, 1.807) is 14.2 Å². The number of halogens is 1. The highest BCUT2D eigenvalue weighted by atomic mass is 79.9. The van der Waals surface area contributed by atoms with Crippen LogP contribution in [0.2, 0.25) is 0 Å². The molecule has 5 heteroatoms. The largest absolute Gasteiger partial charge is 0.493 e. The van der Waals surface area contributed by atoms with Crippen LogP contribution in [0.1, 0.15) is 18.9 Å². The number of hydrogen-bond donors (Lipinski definition) is 2. The lowest BCUT2D eigenvalue weighted by atomic mass is 10.1. The summed E-state index contributed by atoms with van der Waals surface area (Å²) in [5.41, 5.74) is 0.990. The second kappa shape index (κ2) is 7.61. The first-order valence-corrected chi connectivity index (χ1v) is 6.70. The summed E-state index contributed by atoms with van der Waals surface area (Å²) in [6.45, 7) is 2.77. The molecular formula is C13H20BrNO3. The Kier molecular flexibility index (Phi) is 6.46. The van der Waals surface area contributed by atoms with Crippen molar-refractivity contribution in [3.8, 4) is 11.5 Å². The lowest BCUT2D eigenvalue weighted by Gasteiger charge is -2.18. The standard InChI is InChI=1S/C13H20BrNO3/c1-4-9(8-16)15-7-10-11(14)5-6-12(17-2)13(10)18-3/h5-6,9,15-16H,4,7-8H2,1-3H3. The predicted molar refractivity (Wildman–Crippen MR) is 75.3 cm³/mol. The number of aliphatic hydroxyl groups excluding tert-OH is 1. The molecule has 102 valence electrons. The minimum atomic E-state index is 0.0906. The summed E-state index contributed by atoms with van der Waals surface area (Å²) in [4.78, 5) is 0. The molecule has 0 radical (unpaired) electrons. The number of ether oxygens (including phenoxy) is 2. The van der Waals surface area contributed by atoms with Crippen molar-refractivity contribution in [2.45, 2.75) is 25.9 Å². The van der Waals surface area contributed by atoms with Crippen LogP contribution < -0.4 is 14.8 Å². The van der Waals surface area contributed by atoms with Gasteiger partial charge in [-0.05, 0) is 18.6 Å². The van der Waals surface area contributed by atoms with Gasteiger partial charge in [0.15, 0.2) is 11.5 Å². The van der Waals surface area contributed by atoms with E-state index in [1.165, 1.54) is 0 Å². The summed E-state index contributed by atoms with van der Waals surface area (Å²) in [5, 5.41) is 12.5. The van der Waals surface area contributed by atoms with Gasteiger partial charge >= 0.3 is 0 Å². The number of benzene rings is 1. The van der Waals surface area contributed by atoms with E-state index in [-0.39, 0.29) is 12.6 Å². The lowest BCUT2D eigenvalue weighted by molar-refractivity contribution is 0.237. The molecule has 4 nitrogen and oxygen atoms in total. The van der Waals surface area contributed by atoms with E-state index in [1.807, 2.05) is 19.1 Å². The molecule has 1 unspecified atom stereocenters. The second-order valence-electron chi connectivity index (χ2n) is 3.93. The van der Waals surface area contributed by atoms with Gasteiger partial charge in [0.1, 0.15) is 0 Å². The maximum atomic E-state index is 9.17. The van der Waals surface area contributed by atoms with Gasteiger partial charge in [0.25, 0.3) is 0 Å². The highest BCUT2D eigenvalue weighted by Crippen LogP contribution is 2.35. The maximum absolute atomic E-state index is 9.17. The van der Waals surface area contributed by atoms with Gasteiger partial charge in [0.2, 0.25) is 0 Å². The minimum absolute atomic E-state index is 0.0906. The van der Waals surface area contributed by atoms with Crippen LogP contribution >= 0.6 is 15.9 Å². The monoisotopic (exact) mass is 317 g/mol. The molecule has 1 aromatic carbocycles. The number of aliphatic hydroxyl groups is 1. The molecule has 0 saturated carbocycles. The van der Waals surface area contributed by atoms with Gasteiger partial charge in [0, 0.05) is 22.6 Å². The van der Waals surface area contributed by atoms with E-state index >= 15 is 0 Å². The summed E-state index contributed by atoms with van der Waals surface area (Å²) >= 11 is 3.51. The Morgan fingerprint density at radius 1 is 1.33 bits per heavy atom. The quantitative estimate of drug-likeness (QED) is 0.810. The van der Waals surface area contributed by atoms with Crippen LogP contribution in [-0.4, -0.2) is 32.0 Å². The van der Waals surface area contributed by atoms with Gasteiger partial charge in [-0.15, -0.1) is 0 Å². The molecule has 0 aliphatic carbocycles. The fraction of sp³-hybridized carbons (Fsp3) is 0.538. The molecule has 0 aliphatic heterocycles. The molecule has 1 rings (SSSR count). The highest BCUT2D eigenvalue weighted by molar-refractivity contribution is 9.10. The number of nitrogens with one attached hydrogen (secondary N) is 1. The molecule has 1 atom stereocenters. The second-order valence-corrected chi connectivity index (χ2v) is 4.78. The zero-order valence-electron chi connectivity index (χ0n) is 11.0. The van der Waals surface area contributed by atoms with Crippen molar-refractivity contribution in [3.63, 3.8) is 0 Å². The van der Waals surface area contributed by atoms with E-state index in [9.17, 15) is 5.11 Å². The van der Waals surface area contributed by atoms with Crippen LogP contribution in [0.4, 0.5) is 0 Å². The predicted octanol–water partition coefficient (Wildman–Crippen LogP) is 2.33. The van der Waals surface area contributed by atoms with E-state index < -0.39 is 0 Å². The molecule has 0 spiro atoms. The topological polar surface area (TPSA) is 50.7 Å². The molecule has 0 amide bonds. The Balaban J connectivity index is 2.92. The fourth-order valence-corrected chi connectivity index (χ4v) is 2.17. The maximum Gasteiger partial charge on any atom is 0.166 e. The molecular weight excluding hydrogens is 298 g/mol. The van der Waals surface area contributed by atoms with Gasteiger partial charge in [-0.2, -0.15) is 0 Å². The van der Waals surface area contributed by atoms with Gasteiger partial charge < -0.3 is 19.9 Å². The summed E-state index contributed by atoms with van der Waals surface area (Å²) in [6, 6.07) is 3.88. The molecule has 0 saturated heterocycles. The normalized spacial score (nSPS) is 12.3. The van der Waals surface area contributed by atoms with Crippen LogP contribution in [0.3, 0.4) is 0 Å². The van der Waals surface area contributed by atoms with Crippen LogP contribution in [-0.2, 0) is 6.54 Å². The summed E-state index contributed by atoms with van der Waals surface area (Å²) in [7, 11) is 3.24. The van der Waals surface area contributed by atoms with Crippen LogP contribution in [0.15, 0.2) is 16.6 Å². The van der Waals surface area contributed by atoms with Gasteiger partial charge in [-0.1, -0.05) is 22.9 Å². The Morgan fingerprint density at radius 3 is 2.56 bits per heavy atom. The minimum Gasteiger partial charge on any atom is -0.493 e. The highest BCUT2D eigenvalue weighted by Gasteiger charge is 2.14. The average Bonchev–Trinajstić information content (AvgIpc) is 2.40. The average molecular weight is 318 g/mol. The number of hydrogen-bond acceptors (Lipinski definition) is 4. The third-order valence-corrected chi connectivity index (χ3v) is 3.61. The molecule has 18 heavy (non-hydrogen) atoms. The van der Waals surface area contributed by atoms with Crippen LogP contribution in [0.5, 0.6) is 11.5 Å². The van der Waals surface area contributed by atoms with Crippen molar-refractivity contribution >= 4 is 15.9 Å². The van der Waals surface area contributed by atoms with E-state index in [0.29, 0.717) is 18.0 Å². The van der Waals surface area contributed by atoms with Crippen molar-refractivity contribution in [1.29, 1.82) is 0 Å².